The van der Waals surface area contributed by atoms with Crippen LogP contribution in [-0.4, -0.2) is 59.9 Å². The number of nitrogens with zero attached hydrogens (tertiary/aromatic N) is 2. The van der Waals surface area contributed by atoms with E-state index in [1.165, 1.54) is 0 Å². The van der Waals surface area contributed by atoms with E-state index in [0.29, 0.717) is 18.5 Å². The van der Waals surface area contributed by atoms with Gasteiger partial charge in [0.1, 0.15) is 0 Å². The molecule has 0 aromatic rings. The maximum absolute atomic E-state index is 12.6. The minimum atomic E-state index is -0.0453. The highest BCUT2D eigenvalue weighted by Gasteiger charge is 2.38. The van der Waals surface area contributed by atoms with E-state index in [2.05, 4.69) is 22.0 Å². The Hall–Kier alpha value is -1.10. The van der Waals surface area contributed by atoms with E-state index in [0.717, 1.165) is 45.3 Å². The van der Waals surface area contributed by atoms with E-state index in [9.17, 15) is 9.59 Å². The number of carbonyl (C=O) groups is 2. The van der Waals surface area contributed by atoms with Gasteiger partial charge in [0.25, 0.3) is 0 Å². The molecule has 1 aliphatic heterocycles. The average Bonchev–Trinajstić information content (AvgIpc) is 3.29. The molecule has 0 atom stereocenters. The molecule has 2 fully saturated rings. The average molecular weight is 323 g/mol. The summed E-state index contributed by atoms with van der Waals surface area (Å²) in [5.74, 6) is 0.0760. The van der Waals surface area contributed by atoms with E-state index in [1.54, 1.807) is 0 Å². The van der Waals surface area contributed by atoms with Crippen LogP contribution in [0.2, 0.25) is 0 Å². The van der Waals surface area contributed by atoms with Gasteiger partial charge in [-0.1, -0.05) is 27.7 Å². The minimum absolute atomic E-state index is 0.0256. The lowest BCUT2D eigenvalue weighted by molar-refractivity contribution is -0.136. The molecule has 0 unspecified atom stereocenters. The molecule has 1 N–H and O–H groups in total. The number of carbonyl (C=O) groups excluding carboxylic acids is 2. The van der Waals surface area contributed by atoms with Crippen molar-refractivity contribution in [1.29, 1.82) is 0 Å². The van der Waals surface area contributed by atoms with Crippen LogP contribution in [0.15, 0.2) is 0 Å². The van der Waals surface area contributed by atoms with Gasteiger partial charge in [0.2, 0.25) is 11.8 Å². The van der Waals surface area contributed by atoms with Crippen LogP contribution in [0.1, 0.15) is 59.8 Å². The summed E-state index contributed by atoms with van der Waals surface area (Å²) < 4.78 is 0. The molecule has 0 aromatic carbocycles. The topological polar surface area (TPSA) is 52.6 Å². The number of nitrogens with one attached hydrogen (secondary N) is 1. The van der Waals surface area contributed by atoms with Crippen molar-refractivity contribution in [3.8, 4) is 0 Å². The van der Waals surface area contributed by atoms with Gasteiger partial charge in [-0.15, -0.1) is 0 Å². The molecule has 1 aliphatic carbocycles. The van der Waals surface area contributed by atoms with Crippen LogP contribution >= 0.6 is 0 Å². The van der Waals surface area contributed by atoms with Crippen LogP contribution in [-0.2, 0) is 9.59 Å². The quantitative estimate of drug-likeness (QED) is 0.813. The van der Waals surface area contributed by atoms with Crippen LogP contribution < -0.4 is 5.32 Å². The van der Waals surface area contributed by atoms with E-state index in [-0.39, 0.29) is 23.8 Å². The minimum Gasteiger partial charge on any atom is -0.347 e. The van der Waals surface area contributed by atoms with Gasteiger partial charge < -0.3 is 15.1 Å². The molecular formula is C18H33N3O2. The van der Waals surface area contributed by atoms with Gasteiger partial charge in [0.05, 0.1) is 6.54 Å². The number of rotatable bonds is 6. The molecule has 0 aromatic heterocycles. The molecule has 5 heteroatoms. The fourth-order valence-electron chi connectivity index (χ4n) is 3.38. The largest absolute Gasteiger partial charge is 0.347 e. The zero-order chi connectivity index (χ0) is 17.0. The highest BCUT2D eigenvalue weighted by Crippen LogP contribution is 2.31. The van der Waals surface area contributed by atoms with E-state index < -0.39 is 0 Å². The Balaban J connectivity index is 1.84. The SMILES string of the molecule is CCN1CCC(N(C(=O)CNC(=O)CC(C)(C)C)C2CC2)CC1. The van der Waals surface area contributed by atoms with Crippen molar-refractivity contribution >= 4 is 11.8 Å². The lowest BCUT2D eigenvalue weighted by Gasteiger charge is -2.38. The Kier molecular flexibility index (Phi) is 6.06. The first kappa shape index (κ1) is 18.2. The van der Waals surface area contributed by atoms with E-state index >= 15 is 0 Å². The van der Waals surface area contributed by atoms with Gasteiger partial charge >= 0.3 is 0 Å². The molecule has 0 radical (unpaired) electrons. The van der Waals surface area contributed by atoms with Gasteiger partial charge in [-0.2, -0.15) is 0 Å². The Bertz CT molecular complexity index is 418. The molecule has 1 heterocycles. The van der Waals surface area contributed by atoms with Gasteiger partial charge in [-0.25, -0.2) is 0 Å². The van der Waals surface area contributed by atoms with Crippen molar-refractivity contribution in [3.63, 3.8) is 0 Å². The van der Waals surface area contributed by atoms with Crippen LogP contribution in [0.3, 0.4) is 0 Å². The first-order valence-electron chi connectivity index (χ1n) is 9.10. The smallest absolute Gasteiger partial charge is 0.242 e. The summed E-state index contributed by atoms with van der Waals surface area (Å²) in [4.78, 5) is 29.1. The summed E-state index contributed by atoms with van der Waals surface area (Å²) in [5.41, 5.74) is -0.0453. The van der Waals surface area contributed by atoms with E-state index in [1.807, 2.05) is 20.8 Å². The summed E-state index contributed by atoms with van der Waals surface area (Å²) >= 11 is 0. The maximum atomic E-state index is 12.6. The van der Waals surface area contributed by atoms with Crippen LogP contribution in [0, 0.1) is 5.41 Å². The van der Waals surface area contributed by atoms with Gasteiger partial charge in [-0.3, -0.25) is 9.59 Å². The second-order valence-corrected chi connectivity index (χ2v) is 8.21. The molecule has 2 amide bonds. The molecule has 1 saturated heterocycles. The zero-order valence-electron chi connectivity index (χ0n) is 15.2. The van der Waals surface area contributed by atoms with Crippen LogP contribution in [0.25, 0.3) is 0 Å². The Morgan fingerprint density at radius 2 is 1.65 bits per heavy atom. The maximum Gasteiger partial charge on any atom is 0.242 e. The van der Waals surface area contributed by atoms with Crippen LogP contribution in [0.4, 0.5) is 0 Å². The molecule has 23 heavy (non-hydrogen) atoms. The zero-order valence-corrected chi connectivity index (χ0v) is 15.2. The Labute approximate surface area is 140 Å². The molecule has 1 saturated carbocycles. The van der Waals surface area contributed by atoms with Gasteiger partial charge in [-0.05, 0) is 37.6 Å². The Morgan fingerprint density at radius 3 is 2.13 bits per heavy atom. The van der Waals surface area contributed by atoms with Crippen LogP contribution in [0.5, 0.6) is 0 Å². The molecule has 132 valence electrons. The second kappa shape index (κ2) is 7.65. The third-order valence-corrected chi connectivity index (χ3v) is 4.75. The number of amides is 2. The predicted octanol–water partition coefficient (Wildman–Crippen LogP) is 2.01. The highest BCUT2D eigenvalue weighted by atomic mass is 16.2. The predicted molar refractivity (Wildman–Crippen MR) is 92.1 cm³/mol. The van der Waals surface area contributed by atoms with Gasteiger partial charge in [0, 0.05) is 31.6 Å². The fraction of sp³-hybridized carbons (Fsp3) is 0.889. The summed E-state index contributed by atoms with van der Waals surface area (Å²) in [6, 6.07) is 0.775. The number of likely N-dealkylation sites (tertiary alicyclic amines) is 1. The first-order chi connectivity index (χ1) is 10.8. The number of hydrogen-bond acceptors (Lipinski definition) is 3. The van der Waals surface area contributed by atoms with Crippen molar-refractivity contribution in [2.24, 2.45) is 5.41 Å². The molecule has 5 nitrogen and oxygen atoms in total. The summed E-state index contributed by atoms with van der Waals surface area (Å²) in [7, 11) is 0. The standard InChI is InChI=1S/C18H33N3O2/c1-5-20-10-8-15(9-11-20)21(14-6-7-14)17(23)13-19-16(22)12-18(2,3)4/h14-15H,5-13H2,1-4H3,(H,19,22). The lowest BCUT2D eigenvalue weighted by atomic mass is 9.92. The molecule has 0 spiro atoms. The van der Waals surface area contributed by atoms with Gasteiger partial charge in [0.15, 0.2) is 0 Å². The van der Waals surface area contributed by atoms with Crippen molar-refractivity contribution < 1.29 is 9.59 Å². The fourth-order valence-corrected chi connectivity index (χ4v) is 3.38. The van der Waals surface area contributed by atoms with E-state index in [4.69, 9.17) is 0 Å². The second-order valence-electron chi connectivity index (χ2n) is 8.21. The van der Waals surface area contributed by atoms with Crippen molar-refractivity contribution in [1.82, 2.24) is 15.1 Å². The third kappa shape index (κ3) is 5.79. The third-order valence-electron chi connectivity index (χ3n) is 4.75. The summed E-state index contributed by atoms with van der Waals surface area (Å²) in [5, 5.41) is 2.82. The summed E-state index contributed by atoms with van der Waals surface area (Å²) in [6.07, 6.45) is 4.82. The number of piperidine rings is 1. The lowest BCUT2D eigenvalue weighted by Crippen LogP contribution is -2.51. The summed E-state index contributed by atoms with van der Waals surface area (Å²) in [6.45, 7) is 11.7. The van der Waals surface area contributed by atoms with Crippen molar-refractivity contribution in [2.75, 3.05) is 26.2 Å². The first-order valence-corrected chi connectivity index (χ1v) is 9.10. The molecular weight excluding hydrogens is 290 g/mol. The normalized spacial score (nSPS) is 20.3. The number of hydrogen-bond donors (Lipinski definition) is 1. The molecule has 0 bridgehead atoms. The van der Waals surface area contributed by atoms with Crippen molar-refractivity contribution in [2.45, 2.75) is 71.9 Å². The van der Waals surface area contributed by atoms with Crippen molar-refractivity contribution in [3.05, 3.63) is 0 Å². The molecule has 2 aliphatic rings. The monoisotopic (exact) mass is 323 g/mol. The highest BCUT2D eigenvalue weighted by molar-refractivity contribution is 5.85. The molecule has 2 rings (SSSR count). The Morgan fingerprint density at radius 1 is 1.09 bits per heavy atom.